The SMILES string of the molecule is O=C(N[C@H]1CNCCC[C@@H]1OC(=O)c1cc(O)c(C(=O)c2c(O)cccc2C(=O)O)c(O)c1)c1ccc(F)cc1.O=C(O)C(F)(F)F. The number of hydrogen-bond acceptors (Lipinski definition) is 10. The number of carbonyl (C=O) groups is 5. The van der Waals surface area contributed by atoms with Gasteiger partial charge in [-0.15, -0.1) is 0 Å². The molecule has 1 aliphatic heterocycles. The number of phenols is 3. The van der Waals surface area contributed by atoms with Gasteiger partial charge in [0.2, 0.25) is 5.78 Å². The molecule has 17 heteroatoms. The van der Waals surface area contributed by atoms with Crippen LogP contribution in [-0.4, -0.2) is 86.5 Å². The first-order valence-electron chi connectivity index (χ1n) is 13.5. The highest BCUT2D eigenvalue weighted by atomic mass is 19.4. The maximum Gasteiger partial charge on any atom is 0.490 e. The van der Waals surface area contributed by atoms with Crippen LogP contribution in [0.5, 0.6) is 17.2 Å². The Morgan fingerprint density at radius 3 is 2.00 bits per heavy atom. The molecule has 1 fully saturated rings. The minimum absolute atomic E-state index is 0.210. The molecule has 1 saturated heterocycles. The van der Waals surface area contributed by atoms with Crippen LogP contribution in [0.2, 0.25) is 0 Å². The van der Waals surface area contributed by atoms with E-state index in [0.29, 0.717) is 19.4 Å². The molecule has 47 heavy (non-hydrogen) atoms. The summed E-state index contributed by atoms with van der Waals surface area (Å²) in [6.45, 7) is 0.862. The van der Waals surface area contributed by atoms with E-state index in [-0.39, 0.29) is 17.7 Å². The first-order chi connectivity index (χ1) is 22.0. The average Bonchev–Trinajstić information content (AvgIpc) is 3.21. The maximum atomic E-state index is 13.2. The van der Waals surface area contributed by atoms with Crippen molar-refractivity contribution < 1.29 is 71.8 Å². The van der Waals surface area contributed by atoms with E-state index >= 15 is 0 Å². The number of ketones is 1. The zero-order valence-corrected chi connectivity index (χ0v) is 23.9. The quantitative estimate of drug-likeness (QED) is 0.110. The van der Waals surface area contributed by atoms with E-state index < -0.39 is 87.7 Å². The van der Waals surface area contributed by atoms with Crippen molar-refractivity contribution in [2.75, 3.05) is 13.1 Å². The van der Waals surface area contributed by atoms with Gasteiger partial charge in [0.1, 0.15) is 34.7 Å². The fourth-order valence-corrected chi connectivity index (χ4v) is 4.41. The number of halogens is 4. The summed E-state index contributed by atoms with van der Waals surface area (Å²) < 4.78 is 50.6. The number of aromatic carboxylic acids is 1. The van der Waals surface area contributed by atoms with Gasteiger partial charge in [-0.05, 0) is 67.9 Å². The number of benzene rings is 3. The van der Waals surface area contributed by atoms with Crippen LogP contribution in [0, 0.1) is 5.82 Å². The Morgan fingerprint density at radius 2 is 1.45 bits per heavy atom. The van der Waals surface area contributed by atoms with Gasteiger partial charge in [0.25, 0.3) is 5.91 Å². The lowest BCUT2D eigenvalue weighted by Crippen LogP contribution is -2.49. The van der Waals surface area contributed by atoms with Gasteiger partial charge in [-0.3, -0.25) is 9.59 Å². The van der Waals surface area contributed by atoms with Crippen LogP contribution in [0.4, 0.5) is 17.6 Å². The van der Waals surface area contributed by atoms with E-state index in [4.69, 9.17) is 14.6 Å². The Labute approximate surface area is 262 Å². The summed E-state index contributed by atoms with van der Waals surface area (Å²) in [5.41, 5.74) is -2.03. The Kier molecular flexibility index (Phi) is 11.5. The van der Waals surface area contributed by atoms with E-state index in [2.05, 4.69) is 10.6 Å². The predicted molar refractivity (Wildman–Crippen MR) is 151 cm³/mol. The zero-order chi connectivity index (χ0) is 35.1. The molecule has 3 aromatic carbocycles. The number of phenolic OH excluding ortho intramolecular Hbond substituents is 3. The molecule has 0 aliphatic carbocycles. The van der Waals surface area contributed by atoms with Crippen LogP contribution in [0.25, 0.3) is 0 Å². The number of alkyl halides is 3. The summed E-state index contributed by atoms with van der Waals surface area (Å²) in [6, 6.07) is 9.37. The highest BCUT2D eigenvalue weighted by Gasteiger charge is 2.38. The molecule has 4 rings (SSSR count). The minimum Gasteiger partial charge on any atom is -0.507 e. The van der Waals surface area contributed by atoms with Crippen LogP contribution < -0.4 is 10.6 Å². The second-order valence-electron chi connectivity index (χ2n) is 9.90. The number of aromatic hydroxyl groups is 3. The zero-order valence-electron chi connectivity index (χ0n) is 23.9. The number of carbonyl (C=O) groups excluding carboxylic acids is 3. The monoisotopic (exact) mass is 666 g/mol. The number of esters is 1. The third-order valence-corrected chi connectivity index (χ3v) is 6.64. The predicted octanol–water partition coefficient (Wildman–Crippen LogP) is 3.21. The molecule has 3 aromatic rings. The lowest BCUT2D eigenvalue weighted by atomic mass is 9.95. The smallest absolute Gasteiger partial charge is 0.490 e. The van der Waals surface area contributed by atoms with Crippen molar-refractivity contribution in [1.82, 2.24) is 10.6 Å². The van der Waals surface area contributed by atoms with Crippen LogP contribution in [0.15, 0.2) is 54.6 Å². The summed E-state index contributed by atoms with van der Waals surface area (Å²) in [5.74, 6) is -9.79. The van der Waals surface area contributed by atoms with Gasteiger partial charge >= 0.3 is 24.1 Å². The molecule has 13 nitrogen and oxygen atoms in total. The molecule has 0 radical (unpaired) electrons. The first-order valence-corrected chi connectivity index (χ1v) is 13.5. The van der Waals surface area contributed by atoms with Crippen LogP contribution >= 0.6 is 0 Å². The number of amides is 1. The minimum atomic E-state index is -5.08. The van der Waals surface area contributed by atoms with E-state index in [0.717, 1.165) is 36.4 Å². The van der Waals surface area contributed by atoms with Crippen molar-refractivity contribution in [3.63, 3.8) is 0 Å². The molecule has 1 heterocycles. The molecule has 2 atom stereocenters. The molecule has 7 N–H and O–H groups in total. The normalized spacial score (nSPS) is 16.1. The fourth-order valence-electron chi connectivity index (χ4n) is 4.41. The molecule has 1 aliphatic rings. The van der Waals surface area contributed by atoms with Crippen molar-refractivity contribution in [1.29, 1.82) is 0 Å². The standard InChI is InChI=1S/C28H25FN2O9.C2HF3O2/c29-16-8-6-14(7-9-16)26(36)31-18-13-30-10-2-5-22(18)40-28(39)15-11-20(33)24(21(34)12-15)25(35)23-17(27(37)38)3-1-4-19(23)32;3-2(4,5)1(6)7/h1,3-4,6-9,11-12,18,22,30,32-34H,2,5,10,13H2,(H,31,36)(H,37,38);(H,6,7)/t18-,22-;/m0./s1. The van der Waals surface area contributed by atoms with E-state index in [1.807, 2.05) is 0 Å². The molecule has 0 bridgehead atoms. The summed E-state index contributed by atoms with van der Waals surface area (Å²) in [4.78, 5) is 59.1. The number of hydrogen-bond donors (Lipinski definition) is 7. The summed E-state index contributed by atoms with van der Waals surface area (Å²) in [5, 5.41) is 53.6. The number of nitrogens with one attached hydrogen (secondary N) is 2. The highest BCUT2D eigenvalue weighted by Crippen LogP contribution is 2.35. The lowest BCUT2D eigenvalue weighted by Gasteiger charge is -2.26. The van der Waals surface area contributed by atoms with E-state index in [1.54, 1.807) is 0 Å². The Hall–Kier alpha value is -5.71. The maximum absolute atomic E-state index is 13.2. The number of rotatable bonds is 7. The molecular formula is C30H26F4N2O11. The number of carboxylic acids is 2. The molecular weight excluding hydrogens is 640 g/mol. The topological polar surface area (TPSA) is 220 Å². The van der Waals surface area contributed by atoms with Crippen LogP contribution in [0.3, 0.4) is 0 Å². The molecule has 0 aromatic heterocycles. The fraction of sp³-hybridized carbons (Fsp3) is 0.233. The molecule has 0 spiro atoms. The second kappa shape index (κ2) is 15.0. The van der Waals surface area contributed by atoms with Crippen molar-refractivity contribution in [2.24, 2.45) is 0 Å². The molecule has 250 valence electrons. The van der Waals surface area contributed by atoms with E-state index in [1.165, 1.54) is 18.2 Å². The van der Waals surface area contributed by atoms with Gasteiger partial charge < -0.3 is 40.9 Å². The third-order valence-electron chi connectivity index (χ3n) is 6.64. The van der Waals surface area contributed by atoms with Gasteiger partial charge in [-0.1, -0.05) is 6.07 Å². The largest absolute Gasteiger partial charge is 0.507 e. The summed E-state index contributed by atoms with van der Waals surface area (Å²) in [6.07, 6.45) is -4.92. The van der Waals surface area contributed by atoms with Crippen molar-refractivity contribution in [3.05, 3.63) is 88.2 Å². The molecule has 0 unspecified atom stereocenters. The van der Waals surface area contributed by atoms with Gasteiger partial charge in [-0.25, -0.2) is 18.8 Å². The Morgan fingerprint density at radius 1 is 0.851 bits per heavy atom. The van der Waals surface area contributed by atoms with Gasteiger partial charge in [0.05, 0.1) is 22.7 Å². The van der Waals surface area contributed by atoms with Crippen molar-refractivity contribution in [3.8, 4) is 17.2 Å². The number of aliphatic carboxylic acids is 1. The molecule has 1 amide bonds. The third kappa shape index (κ3) is 9.16. The molecule has 0 saturated carbocycles. The van der Waals surface area contributed by atoms with Crippen LogP contribution in [-0.2, 0) is 9.53 Å². The lowest BCUT2D eigenvalue weighted by molar-refractivity contribution is -0.192. The second-order valence-corrected chi connectivity index (χ2v) is 9.90. The van der Waals surface area contributed by atoms with Gasteiger partial charge in [0, 0.05) is 12.1 Å². The van der Waals surface area contributed by atoms with E-state index in [9.17, 15) is 57.2 Å². The van der Waals surface area contributed by atoms with Gasteiger partial charge in [0.15, 0.2) is 0 Å². The highest BCUT2D eigenvalue weighted by molar-refractivity contribution is 6.18. The number of carboxylic acid groups (broad SMARTS) is 2. The first kappa shape index (κ1) is 35.8. The average molecular weight is 667 g/mol. The summed E-state index contributed by atoms with van der Waals surface area (Å²) in [7, 11) is 0. The van der Waals surface area contributed by atoms with Crippen molar-refractivity contribution in [2.45, 2.75) is 31.2 Å². The Balaban J connectivity index is 0.000000771. The van der Waals surface area contributed by atoms with Crippen LogP contribution in [0.1, 0.15) is 59.8 Å². The van der Waals surface area contributed by atoms with Crippen molar-refractivity contribution >= 4 is 29.6 Å². The summed E-state index contributed by atoms with van der Waals surface area (Å²) >= 11 is 0. The van der Waals surface area contributed by atoms with Gasteiger partial charge in [-0.2, -0.15) is 13.2 Å². The Bertz CT molecular complexity index is 1650. The number of ether oxygens (including phenoxy) is 1.